The number of benzene rings is 2. The van der Waals surface area contributed by atoms with Gasteiger partial charge in [-0.15, -0.1) is 0 Å². The minimum absolute atomic E-state index is 0.138. The van der Waals surface area contributed by atoms with Gasteiger partial charge in [0.25, 0.3) is 11.5 Å². The summed E-state index contributed by atoms with van der Waals surface area (Å²) in [6, 6.07) is 8.48. The molecule has 3 aromatic rings. The number of carbonyl (C=O) groups is 1. The number of ether oxygens (including phenoxy) is 1. The van der Waals surface area contributed by atoms with Crippen molar-refractivity contribution >= 4 is 21.8 Å². The first-order valence-corrected chi connectivity index (χ1v) is 10.2. The maximum absolute atomic E-state index is 14.1. The van der Waals surface area contributed by atoms with Gasteiger partial charge in [-0.2, -0.15) is 0 Å². The van der Waals surface area contributed by atoms with Gasteiger partial charge in [0.1, 0.15) is 28.5 Å². The summed E-state index contributed by atoms with van der Waals surface area (Å²) in [5, 5.41) is 0. The number of amides is 1. The van der Waals surface area contributed by atoms with Crippen LogP contribution >= 0.6 is 15.9 Å². The Hall–Kier alpha value is -3.00. The number of halogens is 3. The van der Waals surface area contributed by atoms with Crippen molar-refractivity contribution in [3.8, 4) is 16.9 Å². The molecule has 0 spiro atoms. The summed E-state index contributed by atoms with van der Waals surface area (Å²) in [5.74, 6) is -1.39. The van der Waals surface area contributed by atoms with Gasteiger partial charge < -0.3 is 14.6 Å². The Morgan fingerprint density at radius 2 is 1.84 bits per heavy atom. The highest BCUT2D eigenvalue weighted by Crippen LogP contribution is 2.39. The highest BCUT2D eigenvalue weighted by atomic mass is 79.9. The lowest BCUT2D eigenvalue weighted by molar-refractivity contribution is 0.0827. The van der Waals surface area contributed by atoms with E-state index in [0.29, 0.717) is 22.4 Å². The molecular weight excluding hydrogens is 470 g/mol. The largest absolute Gasteiger partial charge is 0.487 e. The van der Waals surface area contributed by atoms with Crippen molar-refractivity contribution in [2.24, 2.45) is 0 Å². The van der Waals surface area contributed by atoms with Crippen LogP contribution in [0.5, 0.6) is 5.75 Å². The van der Waals surface area contributed by atoms with Crippen molar-refractivity contribution in [2.45, 2.75) is 20.5 Å². The van der Waals surface area contributed by atoms with E-state index in [1.54, 1.807) is 33.2 Å². The number of hydrogen-bond donors (Lipinski definition) is 1. The number of pyridine rings is 1. The molecule has 162 valence electrons. The molecule has 0 radical (unpaired) electrons. The minimum Gasteiger partial charge on any atom is -0.487 e. The normalized spacial score (nSPS) is 10.8. The van der Waals surface area contributed by atoms with Crippen molar-refractivity contribution in [3.05, 3.63) is 85.2 Å². The molecular formula is C23H21BrF2N2O3. The second-order valence-corrected chi connectivity index (χ2v) is 8.14. The molecule has 0 aliphatic heterocycles. The van der Waals surface area contributed by atoms with Gasteiger partial charge in [0.15, 0.2) is 0 Å². The Morgan fingerprint density at radius 1 is 1.13 bits per heavy atom. The van der Waals surface area contributed by atoms with Crippen LogP contribution in [-0.2, 0) is 6.61 Å². The standard InChI is InChI=1S/C23H21BrF2N2O3/c1-12-5-6-14(23(30)28(3)4)9-17(12)19-13(2)27-22(29)20(24)21(19)31-11-15-7-8-16(25)10-18(15)26/h5-10H,11H2,1-4H3,(H,27,29). The maximum atomic E-state index is 14.1. The van der Waals surface area contributed by atoms with E-state index < -0.39 is 17.2 Å². The number of carbonyl (C=O) groups excluding carboxylic acids is 1. The summed E-state index contributed by atoms with van der Waals surface area (Å²) in [7, 11) is 3.32. The average molecular weight is 491 g/mol. The Balaban J connectivity index is 2.13. The predicted octanol–water partition coefficient (Wildman–Crippen LogP) is 4.98. The second-order valence-electron chi connectivity index (χ2n) is 7.35. The monoisotopic (exact) mass is 490 g/mol. The predicted molar refractivity (Wildman–Crippen MR) is 118 cm³/mol. The smallest absolute Gasteiger partial charge is 0.266 e. The summed E-state index contributed by atoms with van der Waals surface area (Å²) in [6.45, 7) is 3.38. The number of H-pyrrole nitrogens is 1. The van der Waals surface area contributed by atoms with Crippen LogP contribution in [0.15, 0.2) is 45.7 Å². The van der Waals surface area contributed by atoms with E-state index >= 15 is 0 Å². The molecule has 2 aromatic carbocycles. The first kappa shape index (κ1) is 22.7. The summed E-state index contributed by atoms with van der Waals surface area (Å²) >= 11 is 3.26. The SMILES string of the molecule is Cc1ccc(C(=O)N(C)C)cc1-c1c(C)[nH]c(=O)c(Br)c1OCc1ccc(F)cc1F. The molecule has 3 rings (SSSR count). The van der Waals surface area contributed by atoms with E-state index in [2.05, 4.69) is 20.9 Å². The van der Waals surface area contributed by atoms with E-state index in [4.69, 9.17) is 4.74 Å². The number of aryl methyl sites for hydroxylation is 2. The molecule has 5 nitrogen and oxygen atoms in total. The zero-order valence-electron chi connectivity index (χ0n) is 17.5. The first-order chi connectivity index (χ1) is 14.6. The second kappa shape index (κ2) is 9.01. The topological polar surface area (TPSA) is 62.4 Å². The lowest BCUT2D eigenvalue weighted by Gasteiger charge is -2.19. The first-order valence-electron chi connectivity index (χ1n) is 9.42. The molecule has 1 heterocycles. The molecule has 8 heteroatoms. The molecule has 0 atom stereocenters. The van der Waals surface area contributed by atoms with E-state index in [1.165, 1.54) is 11.0 Å². The number of nitrogens with one attached hydrogen (secondary N) is 1. The molecule has 1 amide bonds. The van der Waals surface area contributed by atoms with Crippen LogP contribution in [0.3, 0.4) is 0 Å². The number of hydrogen-bond acceptors (Lipinski definition) is 3. The summed E-state index contributed by atoms with van der Waals surface area (Å²) < 4.78 is 33.3. The molecule has 0 saturated carbocycles. The van der Waals surface area contributed by atoms with E-state index in [0.717, 1.165) is 17.7 Å². The Labute approximate surface area is 186 Å². The molecule has 0 saturated heterocycles. The van der Waals surface area contributed by atoms with Gasteiger partial charge in [-0.05, 0) is 65.2 Å². The minimum atomic E-state index is -0.742. The van der Waals surface area contributed by atoms with Crippen molar-refractivity contribution in [1.29, 1.82) is 0 Å². The van der Waals surface area contributed by atoms with E-state index in [-0.39, 0.29) is 28.3 Å². The van der Waals surface area contributed by atoms with Crippen molar-refractivity contribution in [2.75, 3.05) is 14.1 Å². The summed E-state index contributed by atoms with van der Waals surface area (Å²) in [6.07, 6.45) is 0. The van der Waals surface area contributed by atoms with Gasteiger partial charge in [0.2, 0.25) is 0 Å². The van der Waals surface area contributed by atoms with Gasteiger partial charge in [-0.25, -0.2) is 8.78 Å². The summed E-state index contributed by atoms with van der Waals surface area (Å²) in [5.41, 5.74) is 2.86. The molecule has 0 unspecified atom stereocenters. The Morgan fingerprint density at radius 3 is 2.48 bits per heavy atom. The molecule has 0 bridgehead atoms. The third-order valence-electron chi connectivity index (χ3n) is 4.85. The average Bonchev–Trinajstić information content (AvgIpc) is 2.71. The van der Waals surface area contributed by atoms with Crippen molar-refractivity contribution in [3.63, 3.8) is 0 Å². The zero-order valence-corrected chi connectivity index (χ0v) is 19.1. The van der Waals surface area contributed by atoms with Crippen LogP contribution in [0.4, 0.5) is 8.78 Å². The van der Waals surface area contributed by atoms with Crippen LogP contribution in [0.2, 0.25) is 0 Å². The number of aromatic amines is 1. The highest BCUT2D eigenvalue weighted by molar-refractivity contribution is 9.10. The van der Waals surface area contributed by atoms with E-state index in [1.807, 2.05) is 13.0 Å². The number of aromatic nitrogens is 1. The number of rotatable bonds is 5. The molecule has 31 heavy (non-hydrogen) atoms. The molecule has 0 fully saturated rings. The van der Waals surface area contributed by atoms with E-state index in [9.17, 15) is 18.4 Å². The van der Waals surface area contributed by atoms with Crippen LogP contribution < -0.4 is 10.3 Å². The quantitative estimate of drug-likeness (QED) is 0.548. The molecule has 1 aromatic heterocycles. The van der Waals surface area contributed by atoms with Crippen LogP contribution in [-0.4, -0.2) is 29.9 Å². The lowest BCUT2D eigenvalue weighted by Crippen LogP contribution is -2.21. The van der Waals surface area contributed by atoms with Crippen molar-refractivity contribution < 1.29 is 18.3 Å². The molecule has 0 aliphatic rings. The Kier molecular flexibility index (Phi) is 6.59. The lowest BCUT2D eigenvalue weighted by atomic mass is 9.96. The van der Waals surface area contributed by atoms with Gasteiger partial charge in [-0.3, -0.25) is 9.59 Å². The fraction of sp³-hybridized carbons (Fsp3) is 0.217. The fourth-order valence-electron chi connectivity index (χ4n) is 3.20. The van der Waals surface area contributed by atoms with Gasteiger partial charge in [0, 0.05) is 42.5 Å². The highest BCUT2D eigenvalue weighted by Gasteiger charge is 2.21. The maximum Gasteiger partial charge on any atom is 0.266 e. The van der Waals surface area contributed by atoms with Crippen LogP contribution in [0.1, 0.15) is 27.2 Å². The zero-order chi connectivity index (χ0) is 22.9. The van der Waals surface area contributed by atoms with Crippen molar-refractivity contribution in [1.82, 2.24) is 9.88 Å². The third-order valence-corrected chi connectivity index (χ3v) is 5.57. The fourth-order valence-corrected chi connectivity index (χ4v) is 3.61. The van der Waals surface area contributed by atoms with Crippen LogP contribution in [0.25, 0.3) is 11.1 Å². The molecule has 0 aliphatic carbocycles. The number of nitrogens with zero attached hydrogens (tertiary/aromatic N) is 1. The molecule has 1 N–H and O–H groups in total. The van der Waals surface area contributed by atoms with Gasteiger partial charge in [0.05, 0.1) is 0 Å². The Bertz CT molecular complexity index is 1220. The van der Waals surface area contributed by atoms with Gasteiger partial charge >= 0.3 is 0 Å². The van der Waals surface area contributed by atoms with Crippen LogP contribution in [0, 0.1) is 25.5 Å². The summed E-state index contributed by atoms with van der Waals surface area (Å²) in [4.78, 5) is 29.0. The van der Waals surface area contributed by atoms with Gasteiger partial charge in [-0.1, -0.05) is 6.07 Å². The third kappa shape index (κ3) is 4.69.